The largest absolute Gasteiger partial charge is 0.476 e. The Bertz CT molecular complexity index is 658. The second-order valence-electron chi connectivity index (χ2n) is 3.50. The summed E-state index contributed by atoms with van der Waals surface area (Å²) in [6, 6.07) is 1.37. The second-order valence-corrected chi connectivity index (χ2v) is 4.49. The topological polar surface area (TPSA) is 87.5 Å². The highest BCUT2D eigenvalue weighted by atomic mass is 32.2. The van der Waals surface area contributed by atoms with E-state index < -0.39 is 5.97 Å². The normalized spacial score (nSPS) is 14.2. The van der Waals surface area contributed by atoms with E-state index in [0.717, 1.165) is 5.69 Å². The molecule has 0 saturated carbocycles. The number of carboxylic acids is 1. The minimum Gasteiger partial charge on any atom is -0.476 e. The van der Waals surface area contributed by atoms with E-state index in [0.29, 0.717) is 22.7 Å². The Morgan fingerprint density at radius 1 is 1.56 bits per heavy atom. The van der Waals surface area contributed by atoms with Gasteiger partial charge in [0.05, 0.1) is 5.69 Å². The molecule has 3 rings (SSSR count). The Morgan fingerprint density at radius 3 is 3.12 bits per heavy atom. The summed E-state index contributed by atoms with van der Waals surface area (Å²) in [4.78, 5) is 25.1. The van der Waals surface area contributed by atoms with Crippen LogP contribution in [0.5, 0.6) is 0 Å². The van der Waals surface area contributed by atoms with Crippen molar-refractivity contribution < 1.29 is 9.90 Å². The monoisotopic (exact) mass is 237 g/mol. The van der Waals surface area contributed by atoms with E-state index in [-0.39, 0.29) is 11.3 Å². The fourth-order valence-electron chi connectivity index (χ4n) is 1.78. The van der Waals surface area contributed by atoms with Gasteiger partial charge in [-0.3, -0.25) is 4.79 Å². The molecule has 0 atom stereocenters. The van der Waals surface area contributed by atoms with Crippen LogP contribution in [-0.2, 0) is 11.5 Å². The molecule has 0 fully saturated rings. The average Bonchev–Trinajstić information content (AvgIpc) is 2.80. The number of rotatable bonds is 1. The summed E-state index contributed by atoms with van der Waals surface area (Å²) in [5.41, 5.74) is 1.72. The van der Waals surface area contributed by atoms with Gasteiger partial charge in [-0.1, -0.05) is 0 Å². The van der Waals surface area contributed by atoms with Crippen LogP contribution in [0.25, 0.3) is 5.65 Å². The van der Waals surface area contributed by atoms with Crippen LogP contribution in [0, 0.1) is 0 Å². The van der Waals surface area contributed by atoms with Crippen molar-refractivity contribution in [3.05, 3.63) is 33.4 Å². The summed E-state index contributed by atoms with van der Waals surface area (Å²) in [7, 11) is 0. The predicted molar refractivity (Wildman–Crippen MR) is 57.8 cm³/mol. The lowest BCUT2D eigenvalue weighted by Gasteiger charge is -2.00. The molecule has 0 amide bonds. The van der Waals surface area contributed by atoms with Crippen molar-refractivity contribution in [2.75, 3.05) is 0 Å². The maximum absolute atomic E-state index is 11.6. The van der Waals surface area contributed by atoms with Crippen LogP contribution < -0.4 is 5.56 Å². The van der Waals surface area contributed by atoms with Gasteiger partial charge < -0.3 is 10.1 Å². The predicted octanol–water partition coefficient (Wildman–Crippen LogP) is 0.468. The van der Waals surface area contributed by atoms with Crippen molar-refractivity contribution in [3.63, 3.8) is 0 Å². The van der Waals surface area contributed by atoms with E-state index >= 15 is 0 Å². The summed E-state index contributed by atoms with van der Waals surface area (Å²) in [6.07, 6.45) is 0. The Labute approximate surface area is 93.3 Å². The number of H-pyrrole nitrogens is 1. The molecule has 2 N–H and O–H groups in total. The molecule has 0 bridgehead atoms. The van der Waals surface area contributed by atoms with E-state index in [2.05, 4.69) is 10.1 Å². The fourth-order valence-corrected chi connectivity index (χ4v) is 2.87. The third kappa shape index (κ3) is 1.18. The zero-order valence-corrected chi connectivity index (χ0v) is 8.87. The zero-order chi connectivity index (χ0) is 11.3. The van der Waals surface area contributed by atoms with Gasteiger partial charge in [-0.2, -0.15) is 16.9 Å². The Balaban J connectivity index is 2.40. The summed E-state index contributed by atoms with van der Waals surface area (Å²) in [5, 5.41) is 12.8. The Hall–Kier alpha value is -1.76. The minimum absolute atomic E-state index is 0.0547. The van der Waals surface area contributed by atoms with Crippen LogP contribution in [-0.4, -0.2) is 25.7 Å². The molecule has 16 heavy (non-hydrogen) atoms. The highest BCUT2D eigenvalue weighted by Gasteiger charge is 2.21. The van der Waals surface area contributed by atoms with Crippen molar-refractivity contribution in [2.24, 2.45) is 0 Å². The molecule has 0 radical (unpaired) electrons. The maximum atomic E-state index is 11.6. The van der Waals surface area contributed by atoms with Gasteiger partial charge in [0.1, 0.15) is 5.65 Å². The first kappa shape index (κ1) is 9.46. The van der Waals surface area contributed by atoms with Crippen molar-refractivity contribution in [1.29, 1.82) is 0 Å². The van der Waals surface area contributed by atoms with Crippen LogP contribution >= 0.6 is 11.8 Å². The summed E-state index contributed by atoms with van der Waals surface area (Å²) in [6.45, 7) is 0. The van der Waals surface area contributed by atoms with Crippen LogP contribution in [0.3, 0.4) is 0 Å². The maximum Gasteiger partial charge on any atom is 0.356 e. The third-order valence-corrected chi connectivity index (χ3v) is 3.50. The number of carboxylic acid groups (broad SMARTS) is 1. The molecular formula is C9H7N3O3S. The van der Waals surface area contributed by atoms with Crippen LogP contribution in [0.15, 0.2) is 10.9 Å². The SMILES string of the molecule is O=C(O)c1cc2[nH]c(=O)c3c(n2n1)CSC3. The number of carbonyl (C=O) groups is 1. The molecule has 0 aliphatic carbocycles. The summed E-state index contributed by atoms with van der Waals surface area (Å²) in [5.74, 6) is 0.253. The van der Waals surface area contributed by atoms with Gasteiger partial charge in [0.2, 0.25) is 0 Å². The molecular weight excluding hydrogens is 230 g/mol. The van der Waals surface area contributed by atoms with Gasteiger partial charge >= 0.3 is 5.97 Å². The first-order valence-electron chi connectivity index (χ1n) is 4.61. The number of nitrogens with one attached hydrogen (secondary N) is 1. The molecule has 0 spiro atoms. The smallest absolute Gasteiger partial charge is 0.356 e. The molecule has 1 aliphatic heterocycles. The lowest BCUT2D eigenvalue weighted by molar-refractivity contribution is 0.0690. The van der Waals surface area contributed by atoms with E-state index in [1.54, 1.807) is 11.8 Å². The number of aromatic nitrogens is 3. The van der Waals surface area contributed by atoms with E-state index in [9.17, 15) is 9.59 Å². The number of hydrogen-bond donors (Lipinski definition) is 2. The van der Waals surface area contributed by atoms with Crippen LogP contribution in [0.4, 0.5) is 0 Å². The fraction of sp³-hybridized carbons (Fsp3) is 0.222. The van der Waals surface area contributed by atoms with Gasteiger partial charge in [0, 0.05) is 23.1 Å². The molecule has 0 aromatic carbocycles. The molecule has 0 unspecified atom stereocenters. The first-order valence-corrected chi connectivity index (χ1v) is 5.77. The molecule has 7 heteroatoms. The molecule has 1 aliphatic rings. The average molecular weight is 237 g/mol. The third-order valence-electron chi connectivity index (χ3n) is 2.53. The molecule has 3 heterocycles. The van der Waals surface area contributed by atoms with Gasteiger partial charge in [-0.15, -0.1) is 0 Å². The molecule has 2 aromatic heterocycles. The molecule has 6 nitrogen and oxygen atoms in total. The molecule has 2 aromatic rings. The van der Waals surface area contributed by atoms with E-state index in [1.165, 1.54) is 10.6 Å². The quantitative estimate of drug-likeness (QED) is 0.752. The van der Waals surface area contributed by atoms with Crippen molar-refractivity contribution in [3.8, 4) is 0 Å². The minimum atomic E-state index is -1.09. The molecule has 0 saturated heterocycles. The first-order chi connectivity index (χ1) is 7.66. The number of aromatic amines is 1. The van der Waals surface area contributed by atoms with Crippen molar-refractivity contribution >= 4 is 23.4 Å². The Kier molecular flexibility index (Phi) is 1.84. The Morgan fingerprint density at radius 2 is 2.38 bits per heavy atom. The lowest BCUT2D eigenvalue weighted by Crippen LogP contribution is -2.16. The van der Waals surface area contributed by atoms with E-state index in [1.807, 2.05) is 0 Å². The summed E-state index contributed by atoms with van der Waals surface area (Å²) >= 11 is 1.62. The van der Waals surface area contributed by atoms with Gasteiger partial charge in [-0.25, -0.2) is 9.31 Å². The number of nitrogens with zero attached hydrogens (tertiary/aromatic N) is 2. The highest BCUT2D eigenvalue weighted by Crippen LogP contribution is 2.27. The van der Waals surface area contributed by atoms with Crippen molar-refractivity contribution in [2.45, 2.75) is 11.5 Å². The van der Waals surface area contributed by atoms with E-state index in [4.69, 9.17) is 5.11 Å². The standard InChI is InChI=1S/C9H7N3O3S/c13-8-4-2-16-3-6(4)12-7(10-8)1-5(11-12)9(14)15/h1H,2-3H2,(H,10,13)(H,14,15). The number of thioether (sulfide) groups is 1. The van der Waals surface area contributed by atoms with Gasteiger partial charge in [0.25, 0.3) is 5.56 Å². The second kappa shape index (κ2) is 3.11. The molecule has 82 valence electrons. The lowest BCUT2D eigenvalue weighted by atomic mass is 10.3. The number of hydrogen-bond acceptors (Lipinski definition) is 4. The number of fused-ring (bicyclic) bond motifs is 3. The highest BCUT2D eigenvalue weighted by molar-refractivity contribution is 7.98. The van der Waals surface area contributed by atoms with Gasteiger partial charge in [0.15, 0.2) is 5.69 Å². The van der Waals surface area contributed by atoms with Crippen LogP contribution in [0.2, 0.25) is 0 Å². The summed E-state index contributed by atoms with van der Waals surface area (Å²) < 4.78 is 1.51. The van der Waals surface area contributed by atoms with Crippen molar-refractivity contribution in [1.82, 2.24) is 14.6 Å². The van der Waals surface area contributed by atoms with Crippen LogP contribution in [0.1, 0.15) is 21.7 Å². The van der Waals surface area contributed by atoms with Gasteiger partial charge in [-0.05, 0) is 0 Å². The number of aromatic carboxylic acids is 1. The zero-order valence-electron chi connectivity index (χ0n) is 8.06.